The van der Waals surface area contributed by atoms with E-state index in [0.29, 0.717) is 31.1 Å². The molecule has 0 radical (unpaired) electrons. The molecular formula is C22H23N3O3S. The van der Waals surface area contributed by atoms with Gasteiger partial charge in [-0.25, -0.2) is 8.42 Å². The van der Waals surface area contributed by atoms with Crippen LogP contribution in [0.4, 0.5) is 5.69 Å². The SMILES string of the molecule is O=C(CN1CCN(S(=O)(=O)c2ccc3ccccc3c2)CC1)Nc1ccccc1. The highest BCUT2D eigenvalue weighted by Crippen LogP contribution is 2.22. The molecule has 7 heteroatoms. The fraction of sp³-hybridized carbons (Fsp3) is 0.227. The summed E-state index contributed by atoms with van der Waals surface area (Å²) in [5.74, 6) is -0.0953. The van der Waals surface area contributed by atoms with Crippen LogP contribution in [0.3, 0.4) is 0 Å². The van der Waals surface area contributed by atoms with E-state index >= 15 is 0 Å². The molecule has 0 atom stereocenters. The average molecular weight is 410 g/mol. The number of nitrogens with zero attached hydrogens (tertiary/aromatic N) is 2. The van der Waals surface area contributed by atoms with Crippen molar-refractivity contribution in [3.63, 3.8) is 0 Å². The first kappa shape index (κ1) is 19.6. The lowest BCUT2D eigenvalue weighted by molar-refractivity contribution is -0.117. The smallest absolute Gasteiger partial charge is 0.243 e. The maximum absolute atomic E-state index is 13.0. The number of carbonyl (C=O) groups is 1. The number of hydrogen-bond acceptors (Lipinski definition) is 4. The molecule has 3 aromatic rings. The Morgan fingerprint density at radius 2 is 1.48 bits per heavy atom. The van der Waals surface area contributed by atoms with Crippen molar-refractivity contribution in [1.82, 2.24) is 9.21 Å². The summed E-state index contributed by atoms with van der Waals surface area (Å²) in [6.07, 6.45) is 0. The summed E-state index contributed by atoms with van der Waals surface area (Å²) in [6.45, 7) is 2.03. The minimum atomic E-state index is -3.55. The van der Waals surface area contributed by atoms with Gasteiger partial charge >= 0.3 is 0 Å². The molecule has 0 saturated carbocycles. The predicted octanol–water partition coefficient (Wildman–Crippen LogP) is 2.78. The van der Waals surface area contributed by atoms with Crippen molar-refractivity contribution >= 4 is 32.4 Å². The van der Waals surface area contributed by atoms with Crippen LogP contribution >= 0.6 is 0 Å². The number of sulfonamides is 1. The number of para-hydroxylation sites is 1. The van der Waals surface area contributed by atoms with E-state index < -0.39 is 10.0 Å². The molecule has 4 rings (SSSR count). The fourth-order valence-corrected chi connectivity index (χ4v) is 4.99. The summed E-state index contributed by atoms with van der Waals surface area (Å²) in [6, 6.07) is 22.2. The summed E-state index contributed by atoms with van der Waals surface area (Å²) in [5, 5.41) is 4.78. The Morgan fingerprint density at radius 1 is 0.828 bits per heavy atom. The lowest BCUT2D eigenvalue weighted by Crippen LogP contribution is -2.50. The van der Waals surface area contributed by atoms with Gasteiger partial charge in [0, 0.05) is 31.9 Å². The Kier molecular flexibility index (Phi) is 5.62. The number of rotatable bonds is 5. The zero-order valence-corrected chi connectivity index (χ0v) is 16.8. The lowest BCUT2D eigenvalue weighted by atomic mass is 10.1. The molecule has 150 valence electrons. The van der Waals surface area contributed by atoms with Crippen molar-refractivity contribution in [3.8, 4) is 0 Å². The minimum Gasteiger partial charge on any atom is -0.325 e. The number of anilines is 1. The Bertz CT molecular complexity index is 1110. The lowest BCUT2D eigenvalue weighted by Gasteiger charge is -2.33. The zero-order valence-electron chi connectivity index (χ0n) is 16.0. The minimum absolute atomic E-state index is 0.0953. The van der Waals surface area contributed by atoms with Gasteiger partial charge in [-0.05, 0) is 35.0 Å². The Labute approximate surface area is 170 Å². The van der Waals surface area contributed by atoms with Crippen LogP contribution in [0.1, 0.15) is 0 Å². The van der Waals surface area contributed by atoms with Crippen LogP contribution in [0.5, 0.6) is 0 Å². The van der Waals surface area contributed by atoms with Gasteiger partial charge in [0.15, 0.2) is 0 Å². The van der Waals surface area contributed by atoms with E-state index in [1.807, 2.05) is 65.6 Å². The standard InChI is InChI=1S/C22H23N3O3S/c26-22(23-20-8-2-1-3-9-20)17-24-12-14-25(15-13-24)29(27,28)21-11-10-18-6-4-5-7-19(18)16-21/h1-11,16H,12-15,17H2,(H,23,26). The number of hydrogen-bond donors (Lipinski definition) is 1. The second-order valence-corrected chi connectivity index (χ2v) is 9.04. The summed E-state index contributed by atoms with van der Waals surface area (Å²) in [5.41, 5.74) is 0.759. The van der Waals surface area contributed by atoms with Crippen LogP contribution in [0, 0.1) is 0 Å². The molecule has 1 saturated heterocycles. The van der Waals surface area contributed by atoms with Gasteiger partial charge in [-0.3, -0.25) is 9.69 Å². The maximum atomic E-state index is 13.0. The average Bonchev–Trinajstić information content (AvgIpc) is 2.74. The van der Waals surface area contributed by atoms with Gasteiger partial charge in [-0.15, -0.1) is 0 Å². The first-order valence-electron chi connectivity index (χ1n) is 9.58. The third-order valence-electron chi connectivity index (χ3n) is 5.11. The van der Waals surface area contributed by atoms with Crippen LogP contribution in [0.15, 0.2) is 77.7 Å². The normalized spacial score (nSPS) is 16.0. The van der Waals surface area contributed by atoms with Crippen molar-refractivity contribution < 1.29 is 13.2 Å². The largest absolute Gasteiger partial charge is 0.325 e. The Morgan fingerprint density at radius 3 is 2.21 bits per heavy atom. The number of piperazine rings is 1. The predicted molar refractivity (Wildman–Crippen MR) is 114 cm³/mol. The zero-order chi connectivity index (χ0) is 20.3. The van der Waals surface area contributed by atoms with Gasteiger partial charge in [-0.2, -0.15) is 4.31 Å². The highest BCUT2D eigenvalue weighted by Gasteiger charge is 2.29. The van der Waals surface area contributed by atoms with Crippen molar-refractivity contribution in [1.29, 1.82) is 0 Å². The molecule has 0 aromatic heterocycles. The van der Waals surface area contributed by atoms with E-state index in [1.165, 1.54) is 4.31 Å². The second kappa shape index (κ2) is 8.32. The Hall–Kier alpha value is -2.74. The Balaban J connectivity index is 1.37. The number of fused-ring (bicyclic) bond motifs is 1. The highest BCUT2D eigenvalue weighted by atomic mass is 32.2. The second-order valence-electron chi connectivity index (χ2n) is 7.10. The highest BCUT2D eigenvalue weighted by molar-refractivity contribution is 7.89. The summed E-state index contributed by atoms with van der Waals surface area (Å²) < 4.78 is 27.6. The van der Waals surface area contributed by atoms with Gasteiger partial charge in [0.05, 0.1) is 11.4 Å². The molecule has 1 amide bonds. The van der Waals surface area contributed by atoms with Crippen LogP contribution in [0.25, 0.3) is 10.8 Å². The fourth-order valence-electron chi connectivity index (χ4n) is 3.53. The number of carbonyl (C=O) groups excluding carboxylic acids is 1. The van der Waals surface area contributed by atoms with Crippen LogP contribution < -0.4 is 5.32 Å². The number of nitrogens with one attached hydrogen (secondary N) is 1. The van der Waals surface area contributed by atoms with Gasteiger partial charge in [0.2, 0.25) is 15.9 Å². The van der Waals surface area contributed by atoms with Gasteiger partial charge < -0.3 is 5.32 Å². The summed E-state index contributed by atoms with van der Waals surface area (Å²) >= 11 is 0. The first-order chi connectivity index (χ1) is 14.0. The maximum Gasteiger partial charge on any atom is 0.243 e. The number of benzene rings is 3. The molecule has 0 bridgehead atoms. The van der Waals surface area contributed by atoms with Crippen LogP contribution in [-0.4, -0.2) is 56.3 Å². The molecule has 0 spiro atoms. The van der Waals surface area contributed by atoms with Crippen molar-refractivity contribution in [2.24, 2.45) is 0 Å². The van der Waals surface area contributed by atoms with E-state index in [0.717, 1.165) is 16.5 Å². The molecule has 1 aliphatic heterocycles. The molecule has 0 unspecified atom stereocenters. The van der Waals surface area contributed by atoms with Gasteiger partial charge in [0.1, 0.15) is 0 Å². The molecule has 6 nitrogen and oxygen atoms in total. The van der Waals surface area contributed by atoms with E-state index in [2.05, 4.69) is 5.32 Å². The molecule has 1 heterocycles. The summed E-state index contributed by atoms with van der Waals surface area (Å²) in [7, 11) is -3.55. The van der Waals surface area contributed by atoms with E-state index in [1.54, 1.807) is 12.1 Å². The molecule has 1 N–H and O–H groups in total. The quantitative estimate of drug-likeness (QED) is 0.704. The topological polar surface area (TPSA) is 69.7 Å². The number of amides is 1. The van der Waals surface area contributed by atoms with E-state index in [9.17, 15) is 13.2 Å². The molecule has 3 aromatic carbocycles. The molecule has 0 aliphatic carbocycles. The third-order valence-corrected chi connectivity index (χ3v) is 7.01. The first-order valence-corrected chi connectivity index (χ1v) is 11.0. The van der Waals surface area contributed by atoms with E-state index in [4.69, 9.17) is 0 Å². The van der Waals surface area contributed by atoms with Crippen molar-refractivity contribution in [3.05, 3.63) is 72.8 Å². The van der Waals surface area contributed by atoms with Crippen LogP contribution in [-0.2, 0) is 14.8 Å². The van der Waals surface area contributed by atoms with Crippen molar-refractivity contribution in [2.45, 2.75) is 4.90 Å². The van der Waals surface area contributed by atoms with Crippen LogP contribution in [0.2, 0.25) is 0 Å². The van der Waals surface area contributed by atoms with Crippen molar-refractivity contribution in [2.75, 3.05) is 38.0 Å². The molecule has 29 heavy (non-hydrogen) atoms. The monoisotopic (exact) mass is 409 g/mol. The van der Waals surface area contributed by atoms with Gasteiger partial charge in [-0.1, -0.05) is 48.5 Å². The third kappa shape index (κ3) is 4.48. The molecule has 1 aliphatic rings. The molecule has 1 fully saturated rings. The van der Waals surface area contributed by atoms with Gasteiger partial charge in [0.25, 0.3) is 0 Å². The molecular weight excluding hydrogens is 386 g/mol. The van der Waals surface area contributed by atoms with E-state index in [-0.39, 0.29) is 12.5 Å². The summed E-state index contributed by atoms with van der Waals surface area (Å²) in [4.78, 5) is 14.5.